The summed E-state index contributed by atoms with van der Waals surface area (Å²) in [6.45, 7) is 6.57. The highest BCUT2D eigenvalue weighted by Crippen LogP contribution is 2.36. The van der Waals surface area contributed by atoms with E-state index in [2.05, 4.69) is 65.5 Å². The van der Waals surface area contributed by atoms with Gasteiger partial charge in [0, 0.05) is 40.8 Å². The first-order valence-electron chi connectivity index (χ1n) is 9.14. The van der Waals surface area contributed by atoms with Crippen molar-refractivity contribution in [2.24, 2.45) is 0 Å². The molecule has 1 aromatic heterocycles. The molecule has 0 unspecified atom stereocenters. The Balaban J connectivity index is 1.91. The molecule has 0 bridgehead atoms. The Kier molecular flexibility index (Phi) is 4.32. The van der Waals surface area contributed by atoms with Crippen molar-refractivity contribution >= 4 is 27.7 Å². The summed E-state index contributed by atoms with van der Waals surface area (Å²) in [4.78, 5) is 16.8. The third-order valence-corrected chi connectivity index (χ3v) is 4.84. The second-order valence-electron chi connectivity index (χ2n) is 6.75. The summed E-state index contributed by atoms with van der Waals surface area (Å²) in [7, 11) is 0. The number of hydrogen-bond acceptors (Lipinski definition) is 2. The molecular weight excluding hydrogens is 336 g/mol. The van der Waals surface area contributed by atoms with E-state index in [0.29, 0.717) is 5.75 Å². The topological polar surface area (TPSA) is 43.3 Å². The van der Waals surface area contributed by atoms with Crippen LogP contribution in [0.25, 0.3) is 32.9 Å². The van der Waals surface area contributed by atoms with Crippen LogP contribution in [0.1, 0.15) is 19.4 Å². The highest BCUT2D eigenvalue weighted by molar-refractivity contribution is 6.09. The summed E-state index contributed by atoms with van der Waals surface area (Å²) < 4.78 is 2.33. The minimum absolute atomic E-state index is 0.233. The molecule has 0 radical (unpaired) electrons. The van der Waals surface area contributed by atoms with Gasteiger partial charge in [-0.25, -0.2) is 0 Å². The fraction of sp³-hybridized carbons (Fsp3) is 0.174. The first-order chi connectivity index (χ1) is 13.1. The zero-order valence-electron chi connectivity index (χ0n) is 15.7. The monoisotopic (exact) mass is 358 g/mol. The summed E-state index contributed by atoms with van der Waals surface area (Å²) >= 11 is 0. The SMILES string of the molecule is CCn1c2ccccc2c2cc(-c3cc(C)ccc3ONC(C)=O)ccc21. The molecule has 0 aliphatic carbocycles. The lowest BCUT2D eigenvalue weighted by Crippen LogP contribution is -2.24. The lowest BCUT2D eigenvalue weighted by atomic mass is 10.00. The van der Waals surface area contributed by atoms with Gasteiger partial charge in [0.1, 0.15) is 0 Å². The Labute approximate surface area is 158 Å². The Hall–Kier alpha value is -3.27. The van der Waals surface area contributed by atoms with Crippen molar-refractivity contribution in [3.8, 4) is 16.9 Å². The molecule has 0 aliphatic rings. The minimum Gasteiger partial charge on any atom is -0.379 e. The van der Waals surface area contributed by atoms with Gasteiger partial charge < -0.3 is 9.40 Å². The quantitative estimate of drug-likeness (QED) is 0.508. The van der Waals surface area contributed by atoms with Gasteiger partial charge in [0.05, 0.1) is 0 Å². The van der Waals surface area contributed by atoms with E-state index in [4.69, 9.17) is 4.84 Å². The number of rotatable bonds is 4. The number of carbonyl (C=O) groups excluding carboxylic acids is 1. The smallest absolute Gasteiger partial charge is 0.249 e. The van der Waals surface area contributed by atoms with Crippen molar-refractivity contribution in [3.63, 3.8) is 0 Å². The van der Waals surface area contributed by atoms with E-state index in [9.17, 15) is 4.79 Å². The van der Waals surface area contributed by atoms with Crippen LogP contribution >= 0.6 is 0 Å². The molecule has 0 atom stereocenters. The van der Waals surface area contributed by atoms with Crippen LogP contribution in [0.5, 0.6) is 5.75 Å². The van der Waals surface area contributed by atoms with Crippen molar-refractivity contribution in [3.05, 3.63) is 66.2 Å². The van der Waals surface area contributed by atoms with Crippen LogP contribution in [0.4, 0.5) is 0 Å². The van der Waals surface area contributed by atoms with Crippen LogP contribution in [0.2, 0.25) is 0 Å². The van der Waals surface area contributed by atoms with E-state index in [-0.39, 0.29) is 5.91 Å². The predicted octanol–water partition coefficient (Wildman–Crippen LogP) is 5.22. The molecule has 0 saturated heterocycles. The first-order valence-corrected chi connectivity index (χ1v) is 9.14. The van der Waals surface area contributed by atoms with Crippen LogP contribution in [0.15, 0.2) is 60.7 Å². The lowest BCUT2D eigenvalue weighted by Gasteiger charge is -2.12. The van der Waals surface area contributed by atoms with Gasteiger partial charge in [-0.15, -0.1) is 0 Å². The molecule has 0 fully saturated rings. The standard InChI is InChI=1S/C23H22N2O2/c1-4-25-21-8-6-5-7-18(21)20-14-17(10-11-22(20)25)19-13-15(2)9-12-23(19)27-24-16(3)26/h5-14H,4H2,1-3H3,(H,24,26). The van der Waals surface area contributed by atoms with Crippen LogP contribution in [-0.2, 0) is 11.3 Å². The third kappa shape index (κ3) is 3.04. The molecule has 1 heterocycles. The summed E-state index contributed by atoms with van der Waals surface area (Å²) in [5.74, 6) is 0.400. The van der Waals surface area contributed by atoms with Gasteiger partial charge in [0.25, 0.3) is 0 Å². The molecule has 4 heteroatoms. The van der Waals surface area contributed by atoms with Gasteiger partial charge in [0.2, 0.25) is 5.91 Å². The number of aromatic nitrogens is 1. The maximum Gasteiger partial charge on any atom is 0.249 e. The number of hydrogen-bond donors (Lipinski definition) is 1. The van der Waals surface area contributed by atoms with E-state index in [1.807, 2.05) is 19.1 Å². The number of hydroxylamine groups is 1. The van der Waals surface area contributed by atoms with E-state index in [1.165, 1.54) is 28.7 Å². The van der Waals surface area contributed by atoms with Gasteiger partial charge in [-0.1, -0.05) is 35.9 Å². The maximum atomic E-state index is 11.3. The highest BCUT2D eigenvalue weighted by atomic mass is 16.7. The van der Waals surface area contributed by atoms with Crippen LogP contribution in [0.3, 0.4) is 0 Å². The third-order valence-electron chi connectivity index (χ3n) is 4.84. The van der Waals surface area contributed by atoms with Gasteiger partial charge in [-0.3, -0.25) is 4.79 Å². The zero-order valence-corrected chi connectivity index (χ0v) is 15.7. The molecule has 1 N–H and O–H groups in total. The second-order valence-corrected chi connectivity index (χ2v) is 6.75. The molecule has 3 aromatic carbocycles. The van der Waals surface area contributed by atoms with E-state index in [0.717, 1.165) is 23.2 Å². The number of aryl methyl sites for hydroxylation is 2. The van der Waals surface area contributed by atoms with Crippen molar-refractivity contribution in [1.82, 2.24) is 10.0 Å². The molecule has 0 aliphatic heterocycles. The van der Waals surface area contributed by atoms with Gasteiger partial charge in [-0.05, 0) is 49.7 Å². The molecule has 0 spiro atoms. The van der Waals surface area contributed by atoms with Crippen LogP contribution in [0, 0.1) is 6.92 Å². The normalized spacial score (nSPS) is 11.1. The summed E-state index contributed by atoms with van der Waals surface area (Å²) in [6, 6.07) is 20.9. The number of nitrogens with one attached hydrogen (secondary N) is 1. The molecule has 4 aromatic rings. The zero-order chi connectivity index (χ0) is 19.0. The fourth-order valence-corrected chi connectivity index (χ4v) is 3.65. The fourth-order valence-electron chi connectivity index (χ4n) is 3.65. The van der Waals surface area contributed by atoms with Crippen molar-refractivity contribution < 1.29 is 9.63 Å². The van der Waals surface area contributed by atoms with Gasteiger partial charge >= 0.3 is 0 Å². The van der Waals surface area contributed by atoms with Gasteiger partial charge in [-0.2, -0.15) is 5.48 Å². The Morgan fingerprint density at radius 3 is 2.56 bits per heavy atom. The number of nitrogens with zero attached hydrogens (tertiary/aromatic N) is 1. The molecule has 136 valence electrons. The predicted molar refractivity (Wildman–Crippen MR) is 110 cm³/mol. The molecular formula is C23H22N2O2. The molecule has 27 heavy (non-hydrogen) atoms. The summed E-state index contributed by atoms with van der Waals surface area (Å²) in [5.41, 5.74) is 8.05. The van der Waals surface area contributed by atoms with Crippen molar-refractivity contribution in [2.45, 2.75) is 27.3 Å². The van der Waals surface area contributed by atoms with Crippen molar-refractivity contribution in [1.29, 1.82) is 0 Å². The number of fused-ring (bicyclic) bond motifs is 3. The molecule has 0 saturated carbocycles. The summed E-state index contributed by atoms with van der Waals surface area (Å²) in [6.07, 6.45) is 0. The number of benzene rings is 3. The number of para-hydroxylation sites is 1. The number of carbonyl (C=O) groups is 1. The average Bonchev–Trinajstić information content (AvgIpc) is 2.99. The largest absolute Gasteiger partial charge is 0.379 e. The highest BCUT2D eigenvalue weighted by Gasteiger charge is 2.13. The Morgan fingerprint density at radius 2 is 1.78 bits per heavy atom. The summed E-state index contributed by atoms with van der Waals surface area (Å²) in [5, 5.41) is 2.46. The van der Waals surface area contributed by atoms with Gasteiger partial charge in [0.15, 0.2) is 5.75 Å². The van der Waals surface area contributed by atoms with E-state index in [1.54, 1.807) is 0 Å². The maximum absolute atomic E-state index is 11.3. The van der Waals surface area contributed by atoms with Crippen LogP contribution < -0.4 is 10.3 Å². The number of amides is 1. The minimum atomic E-state index is -0.233. The first kappa shape index (κ1) is 17.2. The average molecular weight is 358 g/mol. The lowest BCUT2D eigenvalue weighted by molar-refractivity contribution is -0.125. The van der Waals surface area contributed by atoms with Crippen molar-refractivity contribution in [2.75, 3.05) is 0 Å². The Bertz CT molecular complexity index is 1160. The molecule has 4 rings (SSSR count). The molecule has 4 nitrogen and oxygen atoms in total. The van der Waals surface area contributed by atoms with E-state index < -0.39 is 0 Å². The molecule has 1 amide bonds. The second kappa shape index (κ2) is 6.80. The Morgan fingerprint density at radius 1 is 1.00 bits per heavy atom. The van der Waals surface area contributed by atoms with Crippen LogP contribution in [-0.4, -0.2) is 10.5 Å². The van der Waals surface area contributed by atoms with E-state index >= 15 is 0 Å².